The van der Waals surface area contributed by atoms with Crippen molar-refractivity contribution in [3.05, 3.63) is 0 Å². The minimum Gasteiger partial charge on any atom is -0.392 e. The molecule has 0 radical (unpaired) electrons. The first-order chi connectivity index (χ1) is 7.18. The average molecular weight is 214 g/mol. The van der Waals surface area contributed by atoms with Crippen LogP contribution in [0.3, 0.4) is 0 Å². The SMILES string of the molecule is C[C@@H](O)CNC(=O)CCC1CCNCC1. The number of hydrogen-bond acceptors (Lipinski definition) is 3. The lowest BCUT2D eigenvalue weighted by Gasteiger charge is -2.22. The van der Waals surface area contributed by atoms with Crippen molar-refractivity contribution in [2.45, 2.75) is 38.7 Å². The number of aliphatic hydroxyl groups excluding tert-OH is 1. The summed E-state index contributed by atoms with van der Waals surface area (Å²) in [5.41, 5.74) is 0. The van der Waals surface area contributed by atoms with Gasteiger partial charge in [0.15, 0.2) is 0 Å². The zero-order valence-corrected chi connectivity index (χ0v) is 9.46. The van der Waals surface area contributed by atoms with Crippen LogP contribution in [0, 0.1) is 5.92 Å². The van der Waals surface area contributed by atoms with Gasteiger partial charge in [-0.3, -0.25) is 4.79 Å². The fraction of sp³-hybridized carbons (Fsp3) is 0.909. The summed E-state index contributed by atoms with van der Waals surface area (Å²) in [4.78, 5) is 11.4. The molecule has 1 heterocycles. The summed E-state index contributed by atoms with van der Waals surface area (Å²) in [7, 11) is 0. The Morgan fingerprint density at radius 1 is 1.53 bits per heavy atom. The maximum absolute atomic E-state index is 11.4. The first-order valence-electron chi connectivity index (χ1n) is 5.84. The van der Waals surface area contributed by atoms with Crippen molar-refractivity contribution in [3.63, 3.8) is 0 Å². The van der Waals surface area contributed by atoms with Crippen molar-refractivity contribution in [2.75, 3.05) is 19.6 Å². The smallest absolute Gasteiger partial charge is 0.220 e. The Hall–Kier alpha value is -0.610. The van der Waals surface area contributed by atoms with Crippen LogP contribution in [0.1, 0.15) is 32.6 Å². The van der Waals surface area contributed by atoms with Crippen LogP contribution in [0.5, 0.6) is 0 Å². The zero-order valence-electron chi connectivity index (χ0n) is 9.46. The second-order valence-corrected chi connectivity index (χ2v) is 4.39. The molecule has 0 aromatic rings. The summed E-state index contributed by atoms with van der Waals surface area (Å²) >= 11 is 0. The molecule has 1 amide bonds. The molecule has 15 heavy (non-hydrogen) atoms. The van der Waals surface area contributed by atoms with Crippen LogP contribution >= 0.6 is 0 Å². The van der Waals surface area contributed by atoms with E-state index in [0.717, 1.165) is 19.5 Å². The van der Waals surface area contributed by atoms with Crippen LogP contribution in [-0.4, -0.2) is 36.8 Å². The summed E-state index contributed by atoms with van der Waals surface area (Å²) in [6.45, 7) is 4.21. The number of nitrogens with one attached hydrogen (secondary N) is 2. The van der Waals surface area contributed by atoms with Crippen molar-refractivity contribution in [1.82, 2.24) is 10.6 Å². The van der Waals surface area contributed by atoms with Gasteiger partial charge in [0.2, 0.25) is 5.91 Å². The van der Waals surface area contributed by atoms with Gasteiger partial charge in [0.25, 0.3) is 0 Å². The van der Waals surface area contributed by atoms with Crippen molar-refractivity contribution < 1.29 is 9.90 Å². The van der Waals surface area contributed by atoms with E-state index in [0.29, 0.717) is 18.9 Å². The molecule has 0 unspecified atom stereocenters. The number of carbonyl (C=O) groups excluding carboxylic acids is 1. The van der Waals surface area contributed by atoms with Gasteiger partial charge in [-0.1, -0.05) is 0 Å². The van der Waals surface area contributed by atoms with Crippen LogP contribution < -0.4 is 10.6 Å². The number of piperidine rings is 1. The number of amides is 1. The average Bonchev–Trinajstić information content (AvgIpc) is 2.25. The Bertz CT molecular complexity index is 189. The maximum atomic E-state index is 11.4. The van der Waals surface area contributed by atoms with Gasteiger partial charge < -0.3 is 15.7 Å². The molecule has 1 aliphatic heterocycles. The maximum Gasteiger partial charge on any atom is 0.220 e. The van der Waals surface area contributed by atoms with E-state index in [1.54, 1.807) is 6.92 Å². The number of carbonyl (C=O) groups is 1. The minimum absolute atomic E-state index is 0.0643. The van der Waals surface area contributed by atoms with Gasteiger partial charge in [-0.15, -0.1) is 0 Å². The fourth-order valence-electron chi connectivity index (χ4n) is 1.86. The summed E-state index contributed by atoms with van der Waals surface area (Å²) in [5, 5.41) is 15.0. The molecule has 0 aliphatic carbocycles. The molecule has 0 aromatic heterocycles. The van der Waals surface area contributed by atoms with Gasteiger partial charge in [0, 0.05) is 13.0 Å². The fourth-order valence-corrected chi connectivity index (χ4v) is 1.86. The Labute approximate surface area is 91.4 Å². The summed E-state index contributed by atoms with van der Waals surface area (Å²) < 4.78 is 0. The van der Waals surface area contributed by atoms with Gasteiger partial charge >= 0.3 is 0 Å². The monoisotopic (exact) mass is 214 g/mol. The highest BCUT2D eigenvalue weighted by Gasteiger charge is 2.14. The third kappa shape index (κ3) is 5.74. The lowest BCUT2D eigenvalue weighted by atomic mass is 9.93. The second kappa shape index (κ2) is 6.80. The second-order valence-electron chi connectivity index (χ2n) is 4.39. The van der Waals surface area contributed by atoms with Crippen molar-refractivity contribution in [3.8, 4) is 0 Å². The van der Waals surface area contributed by atoms with Crippen molar-refractivity contribution in [2.24, 2.45) is 5.92 Å². The van der Waals surface area contributed by atoms with Crippen LogP contribution in [0.2, 0.25) is 0 Å². The molecule has 4 heteroatoms. The van der Waals surface area contributed by atoms with Gasteiger partial charge in [-0.2, -0.15) is 0 Å². The van der Waals surface area contributed by atoms with E-state index in [4.69, 9.17) is 5.11 Å². The molecular formula is C11H22N2O2. The van der Waals surface area contributed by atoms with E-state index in [9.17, 15) is 4.79 Å². The molecule has 88 valence electrons. The largest absolute Gasteiger partial charge is 0.392 e. The predicted octanol–water partition coefficient (Wildman–Crippen LogP) is 0.263. The zero-order chi connectivity index (χ0) is 11.1. The van der Waals surface area contributed by atoms with Crippen LogP contribution in [0.15, 0.2) is 0 Å². The predicted molar refractivity (Wildman–Crippen MR) is 59.5 cm³/mol. The summed E-state index contributed by atoms with van der Waals surface area (Å²) in [6.07, 6.45) is 3.49. The van der Waals surface area contributed by atoms with Gasteiger partial charge in [-0.25, -0.2) is 0 Å². The molecule has 1 saturated heterocycles. The minimum atomic E-state index is -0.451. The van der Waals surface area contributed by atoms with Gasteiger partial charge in [0.1, 0.15) is 0 Å². The van der Waals surface area contributed by atoms with Gasteiger partial charge in [0.05, 0.1) is 6.10 Å². The third-order valence-electron chi connectivity index (χ3n) is 2.83. The molecule has 1 atom stereocenters. The quantitative estimate of drug-likeness (QED) is 0.615. The standard InChI is InChI=1S/C11H22N2O2/c1-9(14)8-13-11(15)3-2-10-4-6-12-7-5-10/h9-10,12,14H,2-8H2,1H3,(H,13,15)/t9-/m1/s1. The number of rotatable bonds is 5. The first-order valence-corrected chi connectivity index (χ1v) is 5.84. The summed E-state index contributed by atoms with van der Waals surface area (Å²) in [6, 6.07) is 0. The Balaban J connectivity index is 2.05. The number of aliphatic hydroxyl groups is 1. The van der Waals surface area contributed by atoms with E-state index >= 15 is 0 Å². The Kier molecular flexibility index (Phi) is 5.65. The Morgan fingerprint density at radius 2 is 2.20 bits per heavy atom. The molecule has 0 saturated carbocycles. The van der Waals surface area contributed by atoms with E-state index < -0.39 is 6.10 Å². The van der Waals surface area contributed by atoms with Gasteiger partial charge in [-0.05, 0) is 45.2 Å². The van der Waals surface area contributed by atoms with Crippen LogP contribution in [0.25, 0.3) is 0 Å². The summed E-state index contributed by atoms with van der Waals surface area (Å²) in [5.74, 6) is 0.762. The highest BCUT2D eigenvalue weighted by Crippen LogP contribution is 2.17. The molecule has 1 aliphatic rings. The Morgan fingerprint density at radius 3 is 2.80 bits per heavy atom. The highest BCUT2D eigenvalue weighted by molar-refractivity contribution is 5.75. The van der Waals surface area contributed by atoms with E-state index in [1.807, 2.05) is 0 Å². The molecule has 3 N–H and O–H groups in total. The lowest BCUT2D eigenvalue weighted by Crippen LogP contribution is -2.32. The molecule has 0 aromatic carbocycles. The van der Waals surface area contributed by atoms with Crippen LogP contribution in [0.4, 0.5) is 0 Å². The molecule has 4 nitrogen and oxygen atoms in total. The highest BCUT2D eigenvalue weighted by atomic mass is 16.3. The molecule has 1 fully saturated rings. The van der Waals surface area contributed by atoms with E-state index in [2.05, 4.69) is 10.6 Å². The van der Waals surface area contributed by atoms with E-state index in [-0.39, 0.29) is 5.91 Å². The van der Waals surface area contributed by atoms with Crippen molar-refractivity contribution >= 4 is 5.91 Å². The third-order valence-corrected chi connectivity index (χ3v) is 2.83. The van der Waals surface area contributed by atoms with Crippen molar-refractivity contribution in [1.29, 1.82) is 0 Å². The number of hydrogen-bond donors (Lipinski definition) is 3. The molecule has 0 spiro atoms. The first kappa shape index (κ1) is 12.5. The van der Waals surface area contributed by atoms with E-state index in [1.165, 1.54) is 12.8 Å². The lowest BCUT2D eigenvalue weighted by molar-refractivity contribution is -0.121. The normalized spacial score (nSPS) is 19.9. The van der Waals surface area contributed by atoms with Crippen LogP contribution in [-0.2, 0) is 4.79 Å². The molecule has 0 bridgehead atoms. The molecular weight excluding hydrogens is 192 g/mol. The molecule has 1 rings (SSSR count). The topological polar surface area (TPSA) is 61.4 Å².